The van der Waals surface area contributed by atoms with Crippen molar-refractivity contribution in [2.75, 3.05) is 0 Å². The van der Waals surface area contributed by atoms with Crippen molar-refractivity contribution in [2.24, 2.45) is 5.28 Å². The third-order valence-electron chi connectivity index (χ3n) is 1.64. The molecular formula is C14H22N6O2. The summed E-state index contributed by atoms with van der Waals surface area (Å²) in [5.41, 5.74) is 6.91. The van der Waals surface area contributed by atoms with Crippen LogP contribution in [0.3, 0.4) is 0 Å². The second-order valence-corrected chi connectivity index (χ2v) is 4.73. The van der Waals surface area contributed by atoms with Crippen molar-refractivity contribution in [2.45, 2.75) is 39.8 Å². The molecule has 22 heavy (non-hydrogen) atoms. The van der Waals surface area contributed by atoms with Crippen LogP contribution in [0.4, 0.5) is 0 Å². The summed E-state index contributed by atoms with van der Waals surface area (Å²) in [6.07, 6.45) is 9.77. The zero-order valence-electron chi connectivity index (χ0n) is 13.1. The fourth-order valence-electron chi connectivity index (χ4n) is 1.08. The van der Waals surface area contributed by atoms with Crippen LogP contribution < -0.4 is 5.32 Å². The molecule has 120 valence electrons. The van der Waals surface area contributed by atoms with Crippen molar-refractivity contribution in [3.63, 3.8) is 0 Å². The standard InChI is InChI=1S/C9H15N3O.C5H4.HN3O.H2/c1-9(2,3)11-8(13)6-12-5-4-10-7-12;1-3-5-4-2;1-2-3-4;/h4-5,7H,6H2,1-3H3,(H,11,13);1H,2H3;4H;1H. The fourth-order valence-corrected chi connectivity index (χ4v) is 1.08. The molecule has 0 saturated carbocycles. The van der Waals surface area contributed by atoms with Crippen LogP contribution in [0, 0.1) is 24.2 Å². The Kier molecular flexibility index (Phi) is 12.5. The van der Waals surface area contributed by atoms with E-state index >= 15 is 0 Å². The minimum atomic E-state index is -0.169. The number of azide groups is 1. The average Bonchev–Trinajstić information content (AvgIpc) is 2.91. The summed E-state index contributed by atoms with van der Waals surface area (Å²) in [6, 6.07) is 0. The average molecular weight is 306 g/mol. The van der Waals surface area contributed by atoms with Crippen molar-refractivity contribution >= 4 is 5.91 Å². The maximum absolute atomic E-state index is 11.4. The number of amides is 1. The highest BCUT2D eigenvalue weighted by Gasteiger charge is 2.13. The second-order valence-electron chi connectivity index (χ2n) is 4.73. The van der Waals surface area contributed by atoms with Crippen LogP contribution in [-0.4, -0.2) is 26.2 Å². The molecule has 0 saturated heterocycles. The van der Waals surface area contributed by atoms with Gasteiger partial charge in [-0.1, -0.05) is 5.92 Å². The Hall–Kier alpha value is -3.09. The molecule has 0 aliphatic rings. The molecule has 1 amide bonds. The summed E-state index contributed by atoms with van der Waals surface area (Å²) in [6.45, 7) is 7.91. The van der Waals surface area contributed by atoms with Gasteiger partial charge in [0.2, 0.25) is 5.91 Å². The van der Waals surface area contributed by atoms with E-state index in [0.29, 0.717) is 6.54 Å². The molecule has 1 heterocycles. The lowest BCUT2D eigenvalue weighted by molar-refractivity contribution is -0.123. The number of hydrogen-bond acceptors (Lipinski definition) is 3. The van der Waals surface area contributed by atoms with E-state index in [4.69, 9.17) is 17.2 Å². The van der Waals surface area contributed by atoms with Gasteiger partial charge in [0.15, 0.2) is 0 Å². The number of nitrogens with zero attached hydrogens (tertiary/aromatic N) is 5. The third-order valence-corrected chi connectivity index (χ3v) is 1.64. The Morgan fingerprint density at radius 3 is 2.50 bits per heavy atom. The molecule has 0 bridgehead atoms. The summed E-state index contributed by atoms with van der Waals surface area (Å²) in [7, 11) is 0. The monoisotopic (exact) mass is 306 g/mol. The first-order valence-corrected chi connectivity index (χ1v) is 6.13. The highest BCUT2D eigenvalue weighted by atomic mass is 16.4. The van der Waals surface area contributed by atoms with Gasteiger partial charge >= 0.3 is 0 Å². The van der Waals surface area contributed by atoms with Gasteiger partial charge in [-0.05, 0) is 45.1 Å². The largest absolute Gasteiger partial charge is 0.449 e. The topological polar surface area (TPSA) is 116 Å². The molecule has 0 aliphatic carbocycles. The third kappa shape index (κ3) is 16.9. The Morgan fingerprint density at radius 1 is 1.64 bits per heavy atom. The molecule has 8 nitrogen and oxygen atoms in total. The Balaban J connectivity index is -0.000000336. The van der Waals surface area contributed by atoms with Gasteiger partial charge < -0.3 is 15.1 Å². The minimum Gasteiger partial charge on any atom is -0.449 e. The summed E-state index contributed by atoms with van der Waals surface area (Å²) < 4.78 is 1.74. The van der Waals surface area contributed by atoms with E-state index in [0.717, 1.165) is 0 Å². The lowest BCUT2D eigenvalue weighted by Crippen LogP contribution is -2.42. The predicted octanol–water partition coefficient (Wildman–Crippen LogP) is 2.37. The number of rotatable bonds is 2. The number of hydrogen-bond donors (Lipinski definition) is 2. The van der Waals surface area contributed by atoms with Crippen molar-refractivity contribution in [3.05, 3.63) is 29.2 Å². The molecule has 0 unspecified atom stereocenters. The van der Waals surface area contributed by atoms with Gasteiger partial charge in [-0.2, -0.15) is 0 Å². The molecular weight excluding hydrogens is 284 g/mol. The van der Waals surface area contributed by atoms with E-state index in [2.05, 4.69) is 28.1 Å². The molecule has 0 fully saturated rings. The van der Waals surface area contributed by atoms with E-state index in [1.807, 2.05) is 31.0 Å². The van der Waals surface area contributed by atoms with Gasteiger partial charge in [0.25, 0.3) is 0 Å². The summed E-state index contributed by atoms with van der Waals surface area (Å²) >= 11 is 0. The predicted molar refractivity (Wildman–Crippen MR) is 85.5 cm³/mol. The summed E-state index contributed by atoms with van der Waals surface area (Å²) in [5.74, 6) is 7.08. The lowest BCUT2D eigenvalue weighted by Gasteiger charge is -2.20. The van der Waals surface area contributed by atoms with Crippen LogP contribution in [0.5, 0.6) is 0 Å². The minimum absolute atomic E-state index is 0. The quantitative estimate of drug-likeness (QED) is 0.287. The van der Waals surface area contributed by atoms with Crippen LogP contribution in [-0.2, 0) is 11.3 Å². The SMILES string of the molecule is C#CC#CC.CC(C)(C)NC(=O)Cn1ccnc1.[HH].[N-]=[N+]=NO. The van der Waals surface area contributed by atoms with Crippen LogP contribution in [0.25, 0.3) is 10.4 Å². The highest BCUT2D eigenvalue weighted by Crippen LogP contribution is 1.98. The molecule has 0 aliphatic heterocycles. The number of aromatic nitrogens is 2. The van der Waals surface area contributed by atoms with Gasteiger partial charge in [0.05, 0.1) is 6.33 Å². The number of nitrogens with one attached hydrogen (secondary N) is 1. The van der Waals surface area contributed by atoms with Crippen molar-refractivity contribution < 1.29 is 11.4 Å². The van der Waals surface area contributed by atoms with Crippen LogP contribution in [0.1, 0.15) is 29.1 Å². The summed E-state index contributed by atoms with van der Waals surface area (Å²) in [5, 5.41) is 11.9. The lowest BCUT2D eigenvalue weighted by atomic mass is 10.1. The second kappa shape index (κ2) is 12.9. The molecule has 0 radical (unpaired) electrons. The van der Waals surface area contributed by atoms with E-state index < -0.39 is 0 Å². The molecule has 0 spiro atoms. The molecule has 2 N–H and O–H groups in total. The molecule has 0 aromatic carbocycles. The van der Waals surface area contributed by atoms with E-state index in [-0.39, 0.29) is 12.9 Å². The van der Waals surface area contributed by atoms with Gasteiger partial charge in [0, 0.05) is 24.3 Å². The van der Waals surface area contributed by atoms with Crippen LogP contribution in [0.2, 0.25) is 0 Å². The highest BCUT2D eigenvalue weighted by molar-refractivity contribution is 5.76. The Bertz CT molecular complexity index is 569. The normalized spacial score (nSPS) is 8.14. The fraction of sp³-hybridized carbons (Fsp3) is 0.429. The van der Waals surface area contributed by atoms with Crippen molar-refractivity contribution in [3.8, 4) is 24.2 Å². The maximum Gasteiger partial charge on any atom is 0.240 e. The molecule has 1 rings (SSSR count). The van der Waals surface area contributed by atoms with E-state index in [1.165, 1.54) is 0 Å². The first kappa shape index (κ1) is 21.2. The zero-order valence-corrected chi connectivity index (χ0v) is 13.1. The van der Waals surface area contributed by atoms with Crippen molar-refractivity contribution in [1.82, 2.24) is 14.9 Å². The molecule has 1 aromatic rings. The molecule has 8 heteroatoms. The Morgan fingerprint density at radius 2 is 2.23 bits per heavy atom. The number of terminal acetylenes is 1. The van der Waals surface area contributed by atoms with Crippen LogP contribution in [0.15, 0.2) is 24.0 Å². The first-order chi connectivity index (χ1) is 10.3. The molecule has 1 aromatic heterocycles. The smallest absolute Gasteiger partial charge is 0.240 e. The number of carbonyl (C=O) groups is 1. The van der Waals surface area contributed by atoms with E-state index in [9.17, 15) is 4.79 Å². The molecule has 0 atom stereocenters. The van der Waals surface area contributed by atoms with Gasteiger partial charge in [-0.25, -0.2) is 4.98 Å². The maximum atomic E-state index is 11.4. The summed E-state index contributed by atoms with van der Waals surface area (Å²) in [4.78, 5) is 17.1. The Labute approximate surface area is 131 Å². The zero-order chi connectivity index (χ0) is 17.4. The number of imidazole rings is 1. The first-order valence-electron chi connectivity index (χ1n) is 6.13. The van der Waals surface area contributed by atoms with Gasteiger partial charge in [0.1, 0.15) is 11.8 Å². The number of carbonyl (C=O) groups excluding carboxylic acids is 1. The van der Waals surface area contributed by atoms with Gasteiger partial charge in [-0.3, -0.25) is 4.79 Å². The van der Waals surface area contributed by atoms with Crippen LogP contribution >= 0.6 is 0 Å². The van der Waals surface area contributed by atoms with E-state index in [1.54, 1.807) is 30.2 Å². The van der Waals surface area contributed by atoms with Gasteiger partial charge in [-0.15, -0.1) is 6.42 Å². The van der Waals surface area contributed by atoms with Crippen molar-refractivity contribution in [1.29, 1.82) is 0 Å².